The molecule has 22 heavy (non-hydrogen) atoms. The van der Waals surface area contributed by atoms with Gasteiger partial charge in [-0.05, 0) is 39.2 Å². The summed E-state index contributed by atoms with van der Waals surface area (Å²) in [6.45, 7) is 8.46. The molecule has 2 heteroatoms. The van der Waals surface area contributed by atoms with Crippen molar-refractivity contribution in [2.45, 2.75) is 110 Å². The van der Waals surface area contributed by atoms with Crippen LogP contribution in [-0.4, -0.2) is 17.5 Å². The Balaban J connectivity index is 2.21. The number of carbonyl (C=O) groups excluding carboxylic acids is 1. The normalized spacial score (nSPS) is 26.5. The van der Waals surface area contributed by atoms with E-state index in [0.717, 1.165) is 6.42 Å². The lowest BCUT2D eigenvalue weighted by atomic mass is 9.86. The summed E-state index contributed by atoms with van der Waals surface area (Å²) in [4.78, 5) is 11.8. The minimum atomic E-state index is -0.366. The summed E-state index contributed by atoms with van der Waals surface area (Å²) in [5.74, 6) is 0.334. The van der Waals surface area contributed by atoms with Crippen LogP contribution in [-0.2, 0) is 9.53 Å². The molecule has 0 bridgehead atoms. The van der Waals surface area contributed by atoms with Gasteiger partial charge in [0.25, 0.3) is 0 Å². The fraction of sp³-hybridized carbons (Fsp3) is 0.850. The van der Waals surface area contributed by atoms with E-state index in [4.69, 9.17) is 4.74 Å². The fourth-order valence-corrected chi connectivity index (χ4v) is 3.34. The van der Waals surface area contributed by atoms with E-state index in [-0.39, 0.29) is 11.7 Å². The van der Waals surface area contributed by atoms with Crippen molar-refractivity contribution in [1.82, 2.24) is 0 Å². The first kappa shape index (κ1) is 19.4. The van der Waals surface area contributed by atoms with Gasteiger partial charge in [-0.25, -0.2) is 0 Å². The van der Waals surface area contributed by atoms with Crippen molar-refractivity contribution in [2.24, 2.45) is 0 Å². The first-order valence-corrected chi connectivity index (χ1v) is 9.34. The van der Waals surface area contributed by atoms with Gasteiger partial charge in [-0.15, -0.1) is 0 Å². The molecule has 2 nitrogen and oxygen atoms in total. The lowest BCUT2D eigenvalue weighted by Gasteiger charge is -2.37. The van der Waals surface area contributed by atoms with Crippen LogP contribution in [0, 0.1) is 0 Å². The maximum Gasteiger partial charge on any atom is 0.138 e. The summed E-state index contributed by atoms with van der Waals surface area (Å²) in [6.07, 6.45) is 15.4. The predicted octanol–water partition coefficient (Wildman–Crippen LogP) is 5.99. The Morgan fingerprint density at radius 3 is 2.36 bits per heavy atom. The van der Waals surface area contributed by atoms with E-state index < -0.39 is 0 Å². The average Bonchev–Trinajstić information content (AvgIpc) is 2.43. The van der Waals surface area contributed by atoms with Crippen LogP contribution in [0.3, 0.4) is 0 Å². The van der Waals surface area contributed by atoms with Gasteiger partial charge in [0.1, 0.15) is 5.78 Å². The van der Waals surface area contributed by atoms with Crippen LogP contribution in [0.25, 0.3) is 0 Å². The lowest BCUT2D eigenvalue weighted by Crippen LogP contribution is -2.42. The fourth-order valence-electron chi connectivity index (χ4n) is 3.34. The highest BCUT2D eigenvalue weighted by Gasteiger charge is 2.36. The second kappa shape index (κ2) is 10.2. The van der Waals surface area contributed by atoms with Gasteiger partial charge in [0, 0.05) is 12.8 Å². The standard InChI is InChI=1S/C20H36O2/c1-5-6-7-8-9-10-11-12-13-14-17(2)20(4)16-19(21)15-18(3)22-20/h14,18H,5-13,15-16H2,1-4H3/b17-14+/t18-,20-/m1/s1. The number of unbranched alkanes of at least 4 members (excludes halogenated alkanes) is 8. The van der Waals surface area contributed by atoms with Crippen molar-refractivity contribution < 1.29 is 9.53 Å². The first-order chi connectivity index (χ1) is 10.5. The first-order valence-electron chi connectivity index (χ1n) is 9.34. The molecule has 1 fully saturated rings. The molecule has 0 aliphatic carbocycles. The number of rotatable bonds is 10. The van der Waals surface area contributed by atoms with Crippen LogP contribution in [0.4, 0.5) is 0 Å². The zero-order valence-corrected chi connectivity index (χ0v) is 15.2. The molecule has 0 aromatic rings. The molecule has 0 amide bonds. The molecule has 0 radical (unpaired) electrons. The highest BCUT2D eigenvalue weighted by molar-refractivity contribution is 5.81. The van der Waals surface area contributed by atoms with Gasteiger partial charge in [-0.3, -0.25) is 4.79 Å². The van der Waals surface area contributed by atoms with E-state index in [0.29, 0.717) is 18.6 Å². The molecule has 128 valence electrons. The summed E-state index contributed by atoms with van der Waals surface area (Å²) in [5, 5.41) is 0. The van der Waals surface area contributed by atoms with Crippen LogP contribution >= 0.6 is 0 Å². The molecule has 0 N–H and O–H groups in total. The number of ether oxygens (including phenoxy) is 1. The Morgan fingerprint density at radius 2 is 1.77 bits per heavy atom. The summed E-state index contributed by atoms with van der Waals surface area (Å²) >= 11 is 0. The van der Waals surface area contributed by atoms with Crippen molar-refractivity contribution in [2.75, 3.05) is 0 Å². The van der Waals surface area contributed by atoms with Crippen LogP contribution in [0.1, 0.15) is 98.3 Å². The largest absolute Gasteiger partial charge is 0.367 e. The molecule has 1 rings (SSSR count). The van der Waals surface area contributed by atoms with Crippen molar-refractivity contribution in [3.63, 3.8) is 0 Å². The number of carbonyl (C=O) groups is 1. The second-order valence-electron chi connectivity index (χ2n) is 7.23. The SMILES string of the molecule is CCCCCCCCCC/C=C(\C)[C@@]1(C)CC(=O)C[C@@H](C)O1. The van der Waals surface area contributed by atoms with Crippen molar-refractivity contribution in [3.05, 3.63) is 11.6 Å². The third-order valence-electron chi connectivity index (χ3n) is 4.85. The van der Waals surface area contributed by atoms with Gasteiger partial charge < -0.3 is 4.74 Å². The minimum absolute atomic E-state index is 0.0534. The Morgan fingerprint density at radius 1 is 1.18 bits per heavy atom. The summed E-state index contributed by atoms with van der Waals surface area (Å²) in [7, 11) is 0. The predicted molar refractivity (Wildman–Crippen MR) is 94.2 cm³/mol. The van der Waals surface area contributed by atoms with Crippen LogP contribution < -0.4 is 0 Å². The molecule has 1 aliphatic rings. The van der Waals surface area contributed by atoms with Gasteiger partial charge in [-0.1, -0.05) is 57.9 Å². The number of Topliss-reactive ketones (excluding diaryl/α,β-unsaturated/α-hetero) is 1. The molecule has 1 heterocycles. The lowest BCUT2D eigenvalue weighted by molar-refractivity contribution is -0.142. The quantitative estimate of drug-likeness (QED) is 0.366. The highest BCUT2D eigenvalue weighted by atomic mass is 16.5. The molecule has 1 saturated heterocycles. The van der Waals surface area contributed by atoms with E-state index in [9.17, 15) is 4.79 Å². The van der Waals surface area contributed by atoms with E-state index in [1.807, 2.05) is 6.92 Å². The van der Waals surface area contributed by atoms with Gasteiger partial charge in [0.05, 0.1) is 11.7 Å². The summed E-state index contributed by atoms with van der Waals surface area (Å²) in [6, 6.07) is 0. The maximum absolute atomic E-state index is 11.8. The molecule has 0 spiro atoms. The molecule has 0 saturated carbocycles. The average molecular weight is 309 g/mol. The number of hydrogen-bond acceptors (Lipinski definition) is 2. The van der Waals surface area contributed by atoms with Crippen molar-refractivity contribution in [3.8, 4) is 0 Å². The van der Waals surface area contributed by atoms with Crippen LogP contribution in [0.2, 0.25) is 0 Å². The van der Waals surface area contributed by atoms with Crippen LogP contribution in [0.5, 0.6) is 0 Å². The highest BCUT2D eigenvalue weighted by Crippen LogP contribution is 2.33. The smallest absolute Gasteiger partial charge is 0.138 e. The van der Waals surface area contributed by atoms with E-state index >= 15 is 0 Å². The number of ketones is 1. The minimum Gasteiger partial charge on any atom is -0.367 e. The van der Waals surface area contributed by atoms with E-state index in [2.05, 4.69) is 26.8 Å². The maximum atomic E-state index is 11.8. The second-order valence-corrected chi connectivity index (χ2v) is 7.23. The molecule has 0 aromatic carbocycles. The van der Waals surface area contributed by atoms with Crippen molar-refractivity contribution in [1.29, 1.82) is 0 Å². The van der Waals surface area contributed by atoms with E-state index in [1.165, 1.54) is 56.9 Å². The van der Waals surface area contributed by atoms with Gasteiger partial charge in [0.2, 0.25) is 0 Å². The van der Waals surface area contributed by atoms with Gasteiger partial charge in [0.15, 0.2) is 0 Å². The summed E-state index contributed by atoms with van der Waals surface area (Å²) < 4.78 is 6.05. The number of allylic oxidation sites excluding steroid dienone is 1. The zero-order chi connectivity index (χ0) is 16.4. The van der Waals surface area contributed by atoms with Crippen molar-refractivity contribution >= 4 is 5.78 Å². The summed E-state index contributed by atoms with van der Waals surface area (Å²) in [5.41, 5.74) is 0.866. The molecule has 0 aromatic heterocycles. The molecule has 2 atom stereocenters. The van der Waals surface area contributed by atoms with Gasteiger partial charge >= 0.3 is 0 Å². The third-order valence-corrected chi connectivity index (χ3v) is 4.85. The van der Waals surface area contributed by atoms with Gasteiger partial charge in [-0.2, -0.15) is 0 Å². The molecule has 1 aliphatic heterocycles. The third kappa shape index (κ3) is 7.09. The monoisotopic (exact) mass is 308 g/mol. The Hall–Kier alpha value is -0.630. The zero-order valence-electron chi connectivity index (χ0n) is 15.2. The Labute approximate surface area is 137 Å². The number of hydrogen-bond donors (Lipinski definition) is 0. The molecule has 0 unspecified atom stereocenters. The molecular weight excluding hydrogens is 272 g/mol. The van der Waals surface area contributed by atoms with E-state index in [1.54, 1.807) is 0 Å². The Kier molecular flexibility index (Phi) is 9.00. The Bertz CT molecular complexity index is 359. The van der Waals surface area contributed by atoms with Crippen LogP contribution in [0.15, 0.2) is 11.6 Å². The molecular formula is C20H36O2. The topological polar surface area (TPSA) is 26.3 Å².